The lowest BCUT2D eigenvalue weighted by molar-refractivity contribution is -0.126. The van der Waals surface area contributed by atoms with Crippen LogP contribution in [-0.2, 0) is 0 Å². The van der Waals surface area contributed by atoms with Gasteiger partial charge in [-0.3, -0.25) is 0 Å². The number of alkyl halides is 3. The van der Waals surface area contributed by atoms with Gasteiger partial charge in [0, 0.05) is 12.1 Å². The maximum Gasteiger partial charge on any atom is 0.401 e. The molecule has 0 aliphatic heterocycles. The fraction of sp³-hybridized carbons (Fsp3) is 1.00. The summed E-state index contributed by atoms with van der Waals surface area (Å²) in [6.45, 7) is -0.879. The summed E-state index contributed by atoms with van der Waals surface area (Å²) in [6.07, 6.45) is -1.30. The molecule has 0 bridgehead atoms. The Balaban J connectivity index is 2.28. The molecule has 0 aromatic rings. The standard InChI is InChI=1S/C8H15F3N2/c1-12-6-3-2-4-7(6)13-5-8(9,10)11/h6-7,12-13H,2-5H2,1H3/t6-,7+/m0/s1. The first-order valence-electron chi connectivity index (χ1n) is 4.50. The zero-order valence-electron chi connectivity index (χ0n) is 7.62. The first kappa shape index (κ1) is 10.8. The average Bonchev–Trinajstić information content (AvgIpc) is 2.46. The molecule has 1 rings (SSSR count). The van der Waals surface area contributed by atoms with E-state index in [1.807, 2.05) is 0 Å². The van der Waals surface area contributed by atoms with Crippen molar-refractivity contribution in [3.63, 3.8) is 0 Å². The molecule has 0 spiro atoms. The number of hydrogen-bond donors (Lipinski definition) is 2. The third-order valence-electron chi connectivity index (χ3n) is 2.45. The van der Waals surface area contributed by atoms with E-state index in [-0.39, 0.29) is 12.1 Å². The monoisotopic (exact) mass is 196 g/mol. The smallest absolute Gasteiger partial charge is 0.315 e. The van der Waals surface area contributed by atoms with Gasteiger partial charge in [-0.1, -0.05) is 6.42 Å². The molecule has 13 heavy (non-hydrogen) atoms. The normalized spacial score (nSPS) is 29.5. The molecule has 0 aromatic carbocycles. The molecular formula is C8H15F3N2. The van der Waals surface area contributed by atoms with Gasteiger partial charge in [-0.15, -0.1) is 0 Å². The summed E-state index contributed by atoms with van der Waals surface area (Å²) >= 11 is 0. The Bertz CT molecular complexity index is 158. The zero-order valence-corrected chi connectivity index (χ0v) is 7.62. The molecule has 0 saturated heterocycles. The van der Waals surface area contributed by atoms with Gasteiger partial charge >= 0.3 is 6.18 Å². The van der Waals surface area contributed by atoms with Crippen molar-refractivity contribution in [2.75, 3.05) is 13.6 Å². The van der Waals surface area contributed by atoms with Gasteiger partial charge in [0.25, 0.3) is 0 Å². The number of hydrogen-bond acceptors (Lipinski definition) is 2. The molecule has 0 heterocycles. The van der Waals surface area contributed by atoms with Crippen LogP contribution >= 0.6 is 0 Å². The van der Waals surface area contributed by atoms with Crippen molar-refractivity contribution >= 4 is 0 Å². The maximum absolute atomic E-state index is 11.9. The second-order valence-electron chi connectivity index (χ2n) is 3.43. The van der Waals surface area contributed by atoms with Crippen molar-refractivity contribution in [3.8, 4) is 0 Å². The van der Waals surface area contributed by atoms with Gasteiger partial charge in [0.1, 0.15) is 0 Å². The molecule has 0 amide bonds. The van der Waals surface area contributed by atoms with Crippen molar-refractivity contribution in [2.24, 2.45) is 0 Å². The van der Waals surface area contributed by atoms with E-state index in [1.165, 1.54) is 0 Å². The van der Waals surface area contributed by atoms with Crippen molar-refractivity contribution in [3.05, 3.63) is 0 Å². The van der Waals surface area contributed by atoms with Gasteiger partial charge < -0.3 is 10.6 Å². The molecule has 0 radical (unpaired) electrons. The predicted molar refractivity (Wildman–Crippen MR) is 44.5 cm³/mol. The van der Waals surface area contributed by atoms with Crippen LogP contribution in [0.1, 0.15) is 19.3 Å². The lowest BCUT2D eigenvalue weighted by Gasteiger charge is -2.21. The molecular weight excluding hydrogens is 181 g/mol. The fourth-order valence-electron chi connectivity index (χ4n) is 1.80. The largest absolute Gasteiger partial charge is 0.401 e. The summed E-state index contributed by atoms with van der Waals surface area (Å²) in [5.41, 5.74) is 0. The maximum atomic E-state index is 11.9. The van der Waals surface area contributed by atoms with Crippen LogP contribution in [0.3, 0.4) is 0 Å². The van der Waals surface area contributed by atoms with Crippen LogP contribution < -0.4 is 10.6 Å². The molecule has 5 heteroatoms. The van der Waals surface area contributed by atoms with Crippen LogP contribution in [0.15, 0.2) is 0 Å². The zero-order chi connectivity index (χ0) is 9.90. The minimum atomic E-state index is -4.10. The van der Waals surface area contributed by atoms with E-state index >= 15 is 0 Å². The highest BCUT2D eigenvalue weighted by Crippen LogP contribution is 2.20. The Labute approximate surface area is 75.9 Å². The number of halogens is 3. The van der Waals surface area contributed by atoms with Crippen LogP contribution in [0.4, 0.5) is 13.2 Å². The quantitative estimate of drug-likeness (QED) is 0.710. The molecule has 1 aliphatic carbocycles. The first-order valence-corrected chi connectivity index (χ1v) is 4.50. The highest BCUT2D eigenvalue weighted by atomic mass is 19.4. The summed E-state index contributed by atoms with van der Waals surface area (Å²) in [5, 5.41) is 5.56. The Morgan fingerprint density at radius 1 is 1.23 bits per heavy atom. The summed E-state index contributed by atoms with van der Waals surface area (Å²) in [4.78, 5) is 0. The molecule has 0 unspecified atom stereocenters. The van der Waals surface area contributed by atoms with E-state index in [4.69, 9.17) is 0 Å². The number of rotatable bonds is 3. The van der Waals surface area contributed by atoms with Crippen molar-refractivity contribution < 1.29 is 13.2 Å². The Morgan fingerprint density at radius 2 is 1.85 bits per heavy atom. The molecule has 0 aromatic heterocycles. The molecule has 2 N–H and O–H groups in total. The third-order valence-corrected chi connectivity index (χ3v) is 2.45. The van der Waals surface area contributed by atoms with Gasteiger partial charge in [0.05, 0.1) is 6.54 Å². The van der Waals surface area contributed by atoms with Gasteiger partial charge in [-0.05, 0) is 19.9 Å². The lowest BCUT2D eigenvalue weighted by atomic mass is 10.2. The van der Waals surface area contributed by atoms with Crippen LogP contribution in [0, 0.1) is 0 Å². The average molecular weight is 196 g/mol. The highest BCUT2D eigenvalue weighted by Gasteiger charge is 2.31. The second kappa shape index (κ2) is 4.28. The first-order chi connectivity index (χ1) is 6.03. The third kappa shape index (κ3) is 3.52. The van der Waals surface area contributed by atoms with Crippen LogP contribution in [0.25, 0.3) is 0 Å². The molecule has 1 aliphatic rings. The minimum absolute atomic E-state index is 0.0216. The van der Waals surface area contributed by atoms with E-state index in [0.29, 0.717) is 0 Å². The SMILES string of the molecule is CN[C@H]1CCC[C@H]1NCC(F)(F)F. The minimum Gasteiger partial charge on any atom is -0.315 e. The predicted octanol–water partition coefficient (Wildman–Crippen LogP) is 1.28. The fourth-order valence-corrected chi connectivity index (χ4v) is 1.80. The molecule has 1 fully saturated rings. The van der Waals surface area contributed by atoms with Gasteiger partial charge in [0.2, 0.25) is 0 Å². The topological polar surface area (TPSA) is 24.1 Å². The van der Waals surface area contributed by atoms with Gasteiger partial charge in [-0.25, -0.2) is 0 Å². The van der Waals surface area contributed by atoms with Gasteiger partial charge in [-0.2, -0.15) is 13.2 Å². The molecule has 78 valence electrons. The van der Waals surface area contributed by atoms with E-state index in [2.05, 4.69) is 10.6 Å². The van der Waals surface area contributed by atoms with Gasteiger partial charge in [0.15, 0.2) is 0 Å². The second-order valence-corrected chi connectivity index (χ2v) is 3.43. The van der Waals surface area contributed by atoms with E-state index in [0.717, 1.165) is 19.3 Å². The molecule has 2 atom stereocenters. The van der Waals surface area contributed by atoms with E-state index in [9.17, 15) is 13.2 Å². The van der Waals surface area contributed by atoms with Crippen molar-refractivity contribution in [2.45, 2.75) is 37.5 Å². The summed E-state index contributed by atoms with van der Waals surface area (Å²) < 4.78 is 35.6. The summed E-state index contributed by atoms with van der Waals surface area (Å²) in [7, 11) is 1.79. The Hall–Kier alpha value is -0.290. The Morgan fingerprint density at radius 3 is 2.38 bits per heavy atom. The Kier molecular flexibility index (Phi) is 3.55. The highest BCUT2D eigenvalue weighted by molar-refractivity contribution is 4.87. The lowest BCUT2D eigenvalue weighted by Crippen LogP contribution is -2.46. The van der Waals surface area contributed by atoms with Crippen molar-refractivity contribution in [1.29, 1.82) is 0 Å². The van der Waals surface area contributed by atoms with Crippen LogP contribution in [0.5, 0.6) is 0 Å². The van der Waals surface area contributed by atoms with Crippen LogP contribution in [-0.4, -0.2) is 31.9 Å². The molecule has 1 saturated carbocycles. The van der Waals surface area contributed by atoms with Crippen molar-refractivity contribution in [1.82, 2.24) is 10.6 Å². The van der Waals surface area contributed by atoms with E-state index < -0.39 is 12.7 Å². The molecule has 2 nitrogen and oxygen atoms in total. The summed E-state index contributed by atoms with van der Waals surface area (Å²) in [5.74, 6) is 0. The van der Waals surface area contributed by atoms with Crippen LogP contribution in [0.2, 0.25) is 0 Å². The number of likely N-dealkylation sites (N-methyl/N-ethyl adjacent to an activating group) is 1. The van der Waals surface area contributed by atoms with E-state index in [1.54, 1.807) is 7.05 Å². The number of nitrogens with one attached hydrogen (secondary N) is 2. The summed E-state index contributed by atoms with van der Waals surface area (Å²) in [6, 6.07) is 0.175.